The number of hydrogen-bond acceptors (Lipinski definition) is 9. The van der Waals surface area contributed by atoms with Gasteiger partial charge in [0.15, 0.2) is 5.17 Å². The van der Waals surface area contributed by atoms with Gasteiger partial charge in [0.2, 0.25) is 5.91 Å². The quantitative estimate of drug-likeness (QED) is 0.623. The van der Waals surface area contributed by atoms with Gasteiger partial charge < -0.3 is 19.7 Å². The molecule has 0 unspecified atom stereocenters. The van der Waals surface area contributed by atoms with E-state index in [1.165, 1.54) is 18.9 Å². The van der Waals surface area contributed by atoms with Crippen molar-refractivity contribution < 1.29 is 19.1 Å². The summed E-state index contributed by atoms with van der Waals surface area (Å²) < 4.78 is 10.4. The summed E-state index contributed by atoms with van der Waals surface area (Å²) in [6, 6.07) is 1.64. The minimum atomic E-state index is -0.400. The summed E-state index contributed by atoms with van der Waals surface area (Å²) in [6.45, 7) is 6.52. The number of carbonyl (C=O) groups excluding carboxylic acids is 2. The van der Waals surface area contributed by atoms with Crippen LogP contribution in [-0.2, 0) is 19.1 Å². The highest BCUT2D eigenvalue weighted by Gasteiger charge is 2.41. The van der Waals surface area contributed by atoms with Gasteiger partial charge in [-0.3, -0.25) is 9.69 Å². The Morgan fingerprint density at radius 1 is 1.35 bits per heavy atom. The number of methoxy groups -OCH3 is 1. The molecule has 1 amide bonds. The summed E-state index contributed by atoms with van der Waals surface area (Å²) in [5.41, 5.74) is 2.97. The van der Waals surface area contributed by atoms with E-state index < -0.39 is 5.97 Å². The standard InChI is InChI=1S/C21H26N4O4S2/c1-14-18(20(27)28-2)19(15-3-10-30-12-15)25-16(13-31-21(25)23-14)11-17(26)22-4-5-24-6-8-29-9-7-24/h3,10,12-13,19H,4-9,11H2,1-2H3,(H,22,26)/t19-/m0/s1. The number of aliphatic imine (C=N–C) groups is 1. The number of allylic oxidation sites excluding steroid dienone is 1. The van der Waals surface area contributed by atoms with Crippen LogP contribution in [0.5, 0.6) is 0 Å². The number of esters is 1. The van der Waals surface area contributed by atoms with Crippen LogP contribution in [0.15, 0.2) is 44.2 Å². The summed E-state index contributed by atoms with van der Waals surface area (Å²) in [7, 11) is 1.38. The number of carbonyl (C=O) groups is 2. The van der Waals surface area contributed by atoms with Crippen molar-refractivity contribution >= 4 is 40.1 Å². The predicted octanol–water partition coefficient (Wildman–Crippen LogP) is 2.33. The van der Waals surface area contributed by atoms with E-state index in [1.54, 1.807) is 11.3 Å². The maximum atomic E-state index is 12.7. The Morgan fingerprint density at radius 3 is 2.87 bits per heavy atom. The smallest absolute Gasteiger partial charge is 0.338 e. The monoisotopic (exact) mass is 462 g/mol. The SMILES string of the molecule is COC(=O)C1=C(C)N=C2SC=C(CC(=O)NCCN3CCOCC3)N2[C@H]1c1ccsc1. The molecule has 0 saturated carbocycles. The largest absolute Gasteiger partial charge is 0.466 e. The van der Waals surface area contributed by atoms with E-state index in [9.17, 15) is 9.59 Å². The topological polar surface area (TPSA) is 83.5 Å². The number of fused-ring (bicyclic) bond motifs is 1. The van der Waals surface area contributed by atoms with Gasteiger partial charge >= 0.3 is 5.97 Å². The summed E-state index contributed by atoms with van der Waals surface area (Å²) in [6.07, 6.45) is 0.225. The third kappa shape index (κ3) is 4.87. The normalized spacial score (nSPS) is 21.5. The molecule has 1 N–H and O–H groups in total. The molecule has 4 heterocycles. The molecule has 0 aliphatic carbocycles. The number of rotatable bonds is 7. The number of hydrogen-bond donors (Lipinski definition) is 1. The average molecular weight is 463 g/mol. The fourth-order valence-corrected chi connectivity index (χ4v) is 5.54. The molecule has 0 bridgehead atoms. The number of nitrogens with one attached hydrogen (secondary N) is 1. The van der Waals surface area contributed by atoms with Crippen LogP contribution in [0.3, 0.4) is 0 Å². The van der Waals surface area contributed by atoms with E-state index in [4.69, 9.17) is 9.47 Å². The number of thiophene rings is 1. The van der Waals surface area contributed by atoms with E-state index in [1.807, 2.05) is 34.1 Å². The third-order valence-corrected chi connectivity index (χ3v) is 7.05. The summed E-state index contributed by atoms with van der Waals surface area (Å²) >= 11 is 3.05. The molecule has 3 aliphatic heterocycles. The molecule has 1 aromatic heterocycles. The van der Waals surface area contributed by atoms with Crippen LogP contribution in [-0.4, -0.2) is 73.3 Å². The van der Waals surface area contributed by atoms with E-state index in [0.29, 0.717) is 17.8 Å². The summed E-state index contributed by atoms with van der Waals surface area (Å²) in [5.74, 6) is -0.445. The lowest BCUT2D eigenvalue weighted by Crippen LogP contribution is -2.42. The van der Waals surface area contributed by atoms with Gasteiger partial charge in [-0.1, -0.05) is 11.8 Å². The Labute approximate surface area is 190 Å². The van der Waals surface area contributed by atoms with Gasteiger partial charge in [0.25, 0.3) is 0 Å². The van der Waals surface area contributed by atoms with Crippen LogP contribution in [0.1, 0.15) is 24.9 Å². The first kappa shape index (κ1) is 22.1. The molecule has 1 saturated heterocycles. The lowest BCUT2D eigenvalue weighted by molar-refractivity contribution is -0.136. The minimum Gasteiger partial charge on any atom is -0.466 e. The average Bonchev–Trinajstić information content (AvgIpc) is 3.44. The van der Waals surface area contributed by atoms with E-state index in [-0.39, 0.29) is 18.4 Å². The first-order chi connectivity index (χ1) is 15.1. The lowest BCUT2D eigenvalue weighted by atomic mass is 9.96. The highest BCUT2D eigenvalue weighted by atomic mass is 32.2. The zero-order valence-electron chi connectivity index (χ0n) is 17.6. The summed E-state index contributed by atoms with van der Waals surface area (Å²) in [5, 5.41) is 9.75. The fourth-order valence-electron chi connectivity index (χ4n) is 3.89. The van der Waals surface area contributed by atoms with Crippen molar-refractivity contribution in [1.29, 1.82) is 0 Å². The van der Waals surface area contributed by atoms with Crippen molar-refractivity contribution in [3.05, 3.63) is 44.8 Å². The van der Waals surface area contributed by atoms with Gasteiger partial charge in [-0.25, -0.2) is 9.79 Å². The van der Waals surface area contributed by atoms with Crippen molar-refractivity contribution in [2.45, 2.75) is 19.4 Å². The van der Waals surface area contributed by atoms with Crippen LogP contribution in [0.2, 0.25) is 0 Å². The van der Waals surface area contributed by atoms with Crippen LogP contribution in [0, 0.1) is 0 Å². The van der Waals surface area contributed by atoms with Gasteiger partial charge in [-0.15, -0.1) is 0 Å². The van der Waals surface area contributed by atoms with Crippen molar-refractivity contribution in [3.63, 3.8) is 0 Å². The van der Waals surface area contributed by atoms with Crippen molar-refractivity contribution in [1.82, 2.24) is 15.1 Å². The molecule has 1 atom stereocenters. The van der Waals surface area contributed by atoms with Crippen molar-refractivity contribution in [2.24, 2.45) is 4.99 Å². The van der Waals surface area contributed by atoms with Gasteiger partial charge in [0.05, 0.1) is 44.1 Å². The fraction of sp³-hybridized carbons (Fsp3) is 0.476. The van der Waals surface area contributed by atoms with E-state index in [2.05, 4.69) is 15.2 Å². The second-order valence-corrected chi connectivity index (χ2v) is 9.04. The molecule has 166 valence electrons. The maximum Gasteiger partial charge on any atom is 0.338 e. The predicted molar refractivity (Wildman–Crippen MR) is 122 cm³/mol. The Bertz CT molecular complexity index is 920. The van der Waals surface area contributed by atoms with Crippen LogP contribution in [0.4, 0.5) is 0 Å². The van der Waals surface area contributed by atoms with Crippen LogP contribution < -0.4 is 5.32 Å². The molecule has 3 aliphatic rings. The zero-order chi connectivity index (χ0) is 21.8. The van der Waals surface area contributed by atoms with Crippen molar-refractivity contribution in [3.8, 4) is 0 Å². The second-order valence-electron chi connectivity index (χ2n) is 7.42. The van der Waals surface area contributed by atoms with E-state index in [0.717, 1.165) is 49.3 Å². The van der Waals surface area contributed by atoms with Gasteiger partial charge in [-0.2, -0.15) is 11.3 Å². The highest BCUT2D eigenvalue weighted by Crippen LogP contribution is 2.45. The molecule has 8 nitrogen and oxygen atoms in total. The number of thioether (sulfide) groups is 1. The number of nitrogens with zero attached hydrogens (tertiary/aromatic N) is 3. The van der Waals surface area contributed by atoms with Gasteiger partial charge in [0.1, 0.15) is 0 Å². The number of amides is 1. The Morgan fingerprint density at radius 2 is 2.16 bits per heavy atom. The molecule has 0 aromatic carbocycles. The lowest BCUT2D eigenvalue weighted by Gasteiger charge is -2.35. The number of morpholine rings is 1. The molecular formula is C21H26N4O4S2. The second kappa shape index (κ2) is 9.99. The highest BCUT2D eigenvalue weighted by molar-refractivity contribution is 8.16. The Hall–Kier alpha value is -2.14. The summed E-state index contributed by atoms with van der Waals surface area (Å²) in [4.78, 5) is 34.2. The first-order valence-electron chi connectivity index (χ1n) is 10.2. The van der Waals surface area contributed by atoms with Crippen LogP contribution in [0.25, 0.3) is 0 Å². The first-order valence-corrected chi connectivity index (χ1v) is 12.0. The Balaban J connectivity index is 1.46. The number of ether oxygens (including phenoxy) is 2. The Kier molecular flexibility index (Phi) is 7.11. The van der Waals surface area contributed by atoms with Gasteiger partial charge in [-0.05, 0) is 34.7 Å². The van der Waals surface area contributed by atoms with E-state index >= 15 is 0 Å². The minimum absolute atomic E-state index is 0.0451. The molecule has 4 rings (SSSR count). The molecule has 1 fully saturated rings. The molecule has 0 radical (unpaired) electrons. The maximum absolute atomic E-state index is 12.7. The molecule has 31 heavy (non-hydrogen) atoms. The third-order valence-electron chi connectivity index (χ3n) is 5.46. The molecule has 1 aromatic rings. The zero-order valence-corrected chi connectivity index (χ0v) is 19.3. The number of amidine groups is 1. The van der Waals surface area contributed by atoms with Crippen LogP contribution >= 0.6 is 23.1 Å². The van der Waals surface area contributed by atoms with Gasteiger partial charge in [0, 0.05) is 31.9 Å². The molecule has 0 spiro atoms. The molecule has 10 heteroatoms. The molecular weight excluding hydrogens is 436 g/mol. The van der Waals surface area contributed by atoms with Crippen molar-refractivity contribution in [2.75, 3.05) is 46.5 Å².